The van der Waals surface area contributed by atoms with Crippen molar-refractivity contribution in [1.29, 1.82) is 0 Å². The van der Waals surface area contributed by atoms with Gasteiger partial charge in [-0.05, 0) is 31.9 Å². The van der Waals surface area contributed by atoms with Crippen LogP contribution in [0, 0.1) is 11.6 Å². The molecule has 2 heterocycles. The predicted molar refractivity (Wildman–Crippen MR) is 75.9 cm³/mol. The number of piperidine rings is 1. The molecule has 21 heavy (non-hydrogen) atoms. The molecular weight excluding hydrogens is 276 g/mol. The lowest BCUT2D eigenvalue weighted by Gasteiger charge is -2.32. The summed E-state index contributed by atoms with van der Waals surface area (Å²) in [7, 11) is 0. The van der Waals surface area contributed by atoms with Gasteiger partial charge in [0.1, 0.15) is 0 Å². The summed E-state index contributed by atoms with van der Waals surface area (Å²) in [5.74, 6) is -2.52. The first-order valence-corrected chi connectivity index (χ1v) is 7.35. The Morgan fingerprint density at radius 3 is 2.76 bits per heavy atom. The van der Waals surface area contributed by atoms with E-state index >= 15 is 0 Å². The second-order valence-electron chi connectivity index (χ2n) is 5.82. The molecule has 0 saturated carbocycles. The predicted octanol–water partition coefficient (Wildman–Crippen LogP) is 1.90. The molecule has 0 spiro atoms. The van der Waals surface area contributed by atoms with Gasteiger partial charge in [-0.15, -0.1) is 0 Å². The van der Waals surface area contributed by atoms with Gasteiger partial charge in [0.25, 0.3) is 5.91 Å². The van der Waals surface area contributed by atoms with Crippen molar-refractivity contribution in [2.75, 3.05) is 18.8 Å². The Morgan fingerprint density at radius 1 is 1.19 bits per heavy atom. The summed E-state index contributed by atoms with van der Waals surface area (Å²) >= 11 is 0. The molecule has 2 unspecified atom stereocenters. The number of nitrogens with two attached hydrogens (primary N) is 1. The molecule has 6 heteroatoms. The average molecular weight is 295 g/mol. The Balaban J connectivity index is 1.73. The van der Waals surface area contributed by atoms with Crippen LogP contribution in [0.5, 0.6) is 0 Å². The van der Waals surface area contributed by atoms with E-state index in [-0.39, 0.29) is 17.3 Å². The number of fused-ring (bicyclic) bond motifs is 1. The van der Waals surface area contributed by atoms with Crippen LogP contribution in [0.25, 0.3) is 0 Å². The van der Waals surface area contributed by atoms with Crippen molar-refractivity contribution in [3.05, 3.63) is 29.3 Å². The monoisotopic (exact) mass is 295 g/mol. The van der Waals surface area contributed by atoms with E-state index in [9.17, 15) is 13.6 Å². The Hall–Kier alpha value is -1.69. The highest BCUT2D eigenvalue weighted by molar-refractivity contribution is 5.99. The number of nitrogens with one attached hydrogen (secondary N) is 1. The number of rotatable bonds is 2. The van der Waals surface area contributed by atoms with E-state index in [1.54, 1.807) is 0 Å². The van der Waals surface area contributed by atoms with Crippen molar-refractivity contribution in [1.82, 2.24) is 10.2 Å². The fourth-order valence-corrected chi connectivity index (χ4v) is 3.42. The third kappa shape index (κ3) is 2.72. The standard InChI is InChI=1S/C15H19F2N3O/c16-10-7-9(12(18)8-11(10)17)15(21)19-13-4-6-20-5-2-1-3-14(13)20/h7-8,13-14H,1-6,18H2,(H,19,21). The molecule has 0 aromatic heterocycles. The van der Waals surface area contributed by atoms with Crippen LogP contribution in [-0.2, 0) is 0 Å². The number of hydrogen-bond donors (Lipinski definition) is 2. The summed E-state index contributed by atoms with van der Waals surface area (Å²) < 4.78 is 26.3. The molecule has 1 amide bonds. The maximum atomic E-state index is 13.3. The third-order valence-corrected chi connectivity index (χ3v) is 4.51. The molecule has 2 aliphatic heterocycles. The minimum atomic E-state index is -1.06. The van der Waals surface area contributed by atoms with Crippen LogP contribution in [0.3, 0.4) is 0 Å². The first-order chi connectivity index (χ1) is 10.1. The van der Waals surface area contributed by atoms with Crippen LogP contribution >= 0.6 is 0 Å². The molecule has 2 atom stereocenters. The van der Waals surface area contributed by atoms with Crippen molar-refractivity contribution in [3.8, 4) is 0 Å². The second-order valence-corrected chi connectivity index (χ2v) is 5.82. The maximum Gasteiger partial charge on any atom is 0.253 e. The van der Waals surface area contributed by atoms with Crippen LogP contribution in [-0.4, -0.2) is 36.0 Å². The van der Waals surface area contributed by atoms with Crippen molar-refractivity contribution >= 4 is 11.6 Å². The molecule has 3 rings (SSSR count). The number of carbonyl (C=O) groups excluding carboxylic acids is 1. The number of anilines is 1. The van der Waals surface area contributed by atoms with Crippen molar-refractivity contribution in [2.45, 2.75) is 37.8 Å². The second kappa shape index (κ2) is 5.60. The van der Waals surface area contributed by atoms with Crippen molar-refractivity contribution in [2.24, 2.45) is 0 Å². The first-order valence-electron chi connectivity index (χ1n) is 7.35. The van der Waals surface area contributed by atoms with Crippen LogP contribution in [0.1, 0.15) is 36.0 Å². The zero-order chi connectivity index (χ0) is 15.0. The Bertz CT molecular complexity index is 564. The number of halogens is 2. The molecule has 0 aliphatic carbocycles. The molecule has 2 aliphatic rings. The van der Waals surface area contributed by atoms with E-state index < -0.39 is 17.5 Å². The normalized spacial score (nSPS) is 25.6. The van der Waals surface area contributed by atoms with Crippen LogP contribution in [0.2, 0.25) is 0 Å². The number of hydrogen-bond acceptors (Lipinski definition) is 3. The summed E-state index contributed by atoms with van der Waals surface area (Å²) in [4.78, 5) is 14.7. The van der Waals surface area contributed by atoms with Crippen LogP contribution in [0.4, 0.5) is 14.5 Å². The molecule has 4 nitrogen and oxygen atoms in total. The number of amides is 1. The quantitative estimate of drug-likeness (QED) is 0.819. The van der Waals surface area contributed by atoms with Gasteiger partial charge in [0, 0.05) is 30.4 Å². The van der Waals surface area contributed by atoms with Gasteiger partial charge in [-0.1, -0.05) is 6.42 Å². The highest BCUT2D eigenvalue weighted by atomic mass is 19.2. The van der Waals surface area contributed by atoms with Crippen LogP contribution < -0.4 is 11.1 Å². The molecule has 1 aromatic rings. The minimum Gasteiger partial charge on any atom is -0.398 e. The van der Waals surface area contributed by atoms with E-state index in [1.165, 1.54) is 12.8 Å². The van der Waals surface area contributed by atoms with E-state index in [0.29, 0.717) is 6.04 Å². The number of carbonyl (C=O) groups is 1. The summed E-state index contributed by atoms with van der Waals surface area (Å²) in [5, 5.41) is 2.93. The van der Waals surface area contributed by atoms with Gasteiger partial charge in [0.15, 0.2) is 11.6 Å². The fraction of sp³-hybridized carbons (Fsp3) is 0.533. The smallest absolute Gasteiger partial charge is 0.253 e. The topological polar surface area (TPSA) is 58.4 Å². The van der Waals surface area contributed by atoms with Gasteiger partial charge < -0.3 is 11.1 Å². The number of benzene rings is 1. The van der Waals surface area contributed by atoms with Gasteiger partial charge in [-0.3, -0.25) is 9.69 Å². The largest absolute Gasteiger partial charge is 0.398 e. The summed E-state index contributed by atoms with van der Waals surface area (Å²) in [6.07, 6.45) is 4.33. The molecular formula is C15H19F2N3O. The summed E-state index contributed by atoms with van der Waals surface area (Å²) in [5.41, 5.74) is 5.59. The molecule has 114 valence electrons. The lowest BCUT2D eigenvalue weighted by atomic mass is 9.98. The number of nitrogen functional groups attached to an aromatic ring is 1. The van der Waals surface area contributed by atoms with E-state index in [0.717, 1.165) is 38.1 Å². The highest BCUT2D eigenvalue weighted by Crippen LogP contribution is 2.27. The zero-order valence-corrected chi connectivity index (χ0v) is 11.7. The summed E-state index contributed by atoms with van der Waals surface area (Å²) in [6.45, 7) is 2.05. The molecule has 2 saturated heterocycles. The van der Waals surface area contributed by atoms with Crippen molar-refractivity contribution < 1.29 is 13.6 Å². The van der Waals surface area contributed by atoms with Gasteiger partial charge in [-0.25, -0.2) is 8.78 Å². The van der Waals surface area contributed by atoms with Crippen LogP contribution in [0.15, 0.2) is 12.1 Å². The lowest BCUT2D eigenvalue weighted by Crippen LogP contribution is -2.46. The first kappa shape index (κ1) is 14.3. The summed E-state index contributed by atoms with van der Waals surface area (Å²) in [6, 6.07) is 2.14. The highest BCUT2D eigenvalue weighted by Gasteiger charge is 2.36. The average Bonchev–Trinajstić information content (AvgIpc) is 2.86. The number of nitrogens with zero attached hydrogens (tertiary/aromatic N) is 1. The molecule has 0 bridgehead atoms. The molecule has 0 radical (unpaired) electrons. The van der Waals surface area contributed by atoms with E-state index in [4.69, 9.17) is 5.73 Å². The van der Waals surface area contributed by atoms with Gasteiger partial charge in [-0.2, -0.15) is 0 Å². The van der Waals surface area contributed by atoms with E-state index in [1.807, 2.05) is 0 Å². The third-order valence-electron chi connectivity index (χ3n) is 4.51. The Morgan fingerprint density at radius 2 is 1.95 bits per heavy atom. The molecule has 2 fully saturated rings. The van der Waals surface area contributed by atoms with Crippen molar-refractivity contribution in [3.63, 3.8) is 0 Å². The Kier molecular flexibility index (Phi) is 3.80. The maximum absolute atomic E-state index is 13.3. The molecule has 3 N–H and O–H groups in total. The van der Waals surface area contributed by atoms with Gasteiger partial charge in [0.05, 0.1) is 5.56 Å². The lowest BCUT2D eigenvalue weighted by molar-refractivity contribution is 0.0915. The molecule has 1 aromatic carbocycles. The van der Waals surface area contributed by atoms with Gasteiger partial charge in [0.2, 0.25) is 0 Å². The fourth-order valence-electron chi connectivity index (χ4n) is 3.42. The minimum absolute atomic E-state index is 0.00293. The Labute approximate surface area is 122 Å². The SMILES string of the molecule is Nc1cc(F)c(F)cc1C(=O)NC1CCN2CCCCC12. The zero-order valence-electron chi connectivity index (χ0n) is 11.7. The van der Waals surface area contributed by atoms with Gasteiger partial charge >= 0.3 is 0 Å². The van der Waals surface area contributed by atoms with E-state index in [2.05, 4.69) is 10.2 Å².